The second-order valence-electron chi connectivity index (χ2n) is 4.69. The predicted octanol–water partition coefficient (Wildman–Crippen LogP) is 2.08. The third-order valence-electron chi connectivity index (χ3n) is 3.18. The molecule has 4 nitrogen and oxygen atoms in total. The van der Waals surface area contributed by atoms with Crippen molar-refractivity contribution in [2.45, 2.75) is 32.4 Å². The Balaban J connectivity index is 2.12. The van der Waals surface area contributed by atoms with Crippen LogP contribution >= 0.6 is 15.9 Å². The van der Waals surface area contributed by atoms with Crippen LogP contribution in [-0.4, -0.2) is 29.3 Å². The zero-order chi connectivity index (χ0) is 13.8. The first-order valence-corrected chi connectivity index (χ1v) is 7.22. The van der Waals surface area contributed by atoms with Crippen LogP contribution in [0.25, 0.3) is 0 Å². The number of carbonyl (C=O) groups is 2. The Hall–Kier alpha value is -1.36. The zero-order valence-electron chi connectivity index (χ0n) is 10.9. The van der Waals surface area contributed by atoms with E-state index in [-0.39, 0.29) is 24.4 Å². The normalized spacial score (nSPS) is 19.5. The molecular weight excluding hydrogens is 308 g/mol. The van der Waals surface area contributed by atoms with E-state index in [2.05, 4.69) is 21.2 Å². The van der Waals surface area contributed by atoms with Crippen molar-refractivity contribution in [3.05, 3.63) is 34.3 Å². The molecule has 0 bridgehead atoms. The van der Waals surface area contributed by atoms with Crippen LogP contribution in [0.2, 0.25) is 0 Å². The van der Waals surface area contributed by atoms with Crippen LogP contribution in [0.5, 0.6) is 0 Å². The van der Waals surface area contributed by atoms with Gasteiger partial charge in [0.05, 0.1) is 6.54 Å². The lowest BCUT2D eigenvalue weighted by molar-refractivity contribution is -0.145. The third-order valence-corrected chi connectivity index (χ3v) is 3.95. The largest absolute Gasteiger partial charge is 0.343 e. The minimum absolute atomic E-state index is 0.0113. The number of halogens is 1. The summed E-state index contributed by atoms with van der Waals surface area (Å²) in [4.78, 5) is 25.6. The standard InChI is InChI=1S/C14H17BrN2O2/c1-2-5-12-14(19)17(9-13(18)16-12)8-10-6-3-4-7-11(10)15/h3-4,6-7,12H,2,5,8-9H2,1H3,(H,16,18). The van der Waals surface area contributed by atoms with Gasteiger partial charge in [-0.05, 0) is 18.1 Å². The Kier molecular flexibility index (Phi) is 4.58. The highest BCUT2D eigenvalue weighted by atomic mass is 79.9. The van der Waals surface area contributed by atoms with Gasteiger partial charge < -0.3 is 10.2 Å². The molecule has 1 heterocycles. The molecule has 0 aromatic heterocycles. The number of nitrogens with zero attached hydrogens (tertiary/aromatic N) is 1. The van der Waals surface area contributed by atoms with Gasteiger partial charge in [0.25, 0.3) is 0 Å². The summed E-state index contributed by atoms with van der Waals surface area (Å²) >= 11 is 3.47. The summed E-state index contributed by atoms with van der Waals surface area (Å²) in [7, 11) is 0. The fourth-order valence-corrected chi connectivity index (χ4v) is 2.63. The van der Waals surface area contributed by atoms with E-state index in [1.54, 1.807) is 4.90 Å². The lowest BCUT2D eigenvalue weighted by Gasteiger charge is -2.32. The molecule has 2 amide bonds. The number of rotatable bonds is 4. The first-order chi connectivity index (χ1) is 9.11. The lowest BCUT2D eigenvalue weighted by Crippen LogP contribution is -2.57. The van der Waals surface area contributed by atoms with E-state index in [0.29, 0.717) is 13.0 Å². The second kappa shape index (κ2) is 6.19. The molecule has 1 atom stereocenters. The van der Waals surface area contributed by atoms with Crippen molar-refractivity contribution in [3.8, 4) is 0 Å². The smallest absolute Gasteiger partial charge is 0.245 e. The van der Waals surface area contributed by atoms with Gasteiger partial charge in [-0.1, -0.05) is 47.5 Å². The fraction of sp³-hybridized carbons (Fsp3) is 0.429. The quantitative estimate of drug-likeness (QED) is 0.921. The van der Waals surface area contributed by atoms with Crippen molar-refractivity contribution in [2.75, 3.05) is 6.54 Å². The van der Waals surface area contributed by atoms with Crippen LogP contribution in [0.4, 0.5) is 0 Å². The van der Waals surface area contributed by atoms with E-state index in [4.69, 9.17) is 0 Å². The molecule has 2 rings (SSSR count). The number of nitrogens with one attached hydrogen (secondary N) is 1. The van der Waals surface area contributed by atoms with E-state index in [1.165, 1.54) is 0 Å². The fourth-order valence-electron chi connectivity index (χ4n) is 2.22. The zero-order valence-corrected chi connectivity index (χ0v) is 12.4. The minimum atomic E-state index is -0.367. The molecule has 1 aromatic carbocycles. The Bertz CT molecular complexity index is 490. The van der Waals surface area contributed by atoms with Crippen LogP contribution in [0, 0.1) is 0 Å². The molecule has 0 aliphatic carbocycles. The molecule has 1 N–H and O–H groups in total. The third kappa shape index (κ3) is 3.35. The van der Waals surface area contributed by atoms with Gasteiger partial charge in [0.15, 0.2) is 0 Å². The van der Waals surface area contributed by atoms with Crippen LogP contribution in [0.15, 0.2) is 28.7 Å². The lowest BCUT2D eigenvalue weighted by atomic mass is 10.1. The molecule has 1 fully saturated rings. The van der Waals surface area contributed by atoms with Crippen LogP contribution in [-0.2, 0) is 16.1 Å². The summed E-state index contributed by atoms with van der Waals surface area (Å²) in [6.07, 6.45) is 1.57. The van der Waals surface area contributed by atoms with Crippen LogP contribution < -0.4 is 5.32 Å². The van der Waals surface area contributed by atoms with E-state index in [0.717, 1.165) is 16.5 Å². The molecule has 1 aliphatic rings. The summed E-state index contributed by atoms with van der Waals surface area (Å²) in [5.41, 5.74) is 1.01. The summed E-state index contributed by atoms with van der Waals surface area (Å²) in [5.74, 6) is -0.0673. The highest BCUT2D eigenvalue weighted by molar-refractivity contribution is 9.10. The Morgan fingerprint density at radius 3 is 2.79 bits per heavy atom. The Labute approximate surface area is 121 Å². The number of benzene rings is 1. The molecule has 1 unspecified atom stereocenters. The molecule has 5 heteroatoms. The van der Waals surface area contributed by atoms with Gasteiger partial charge in [-0.25, -0.2) is 0 Å². The first kappa shape index (κ1) is 14.1. The number of amides is 2. The Morgan fingerprint density at radius 1 is 1.37 bits per heavy atom. The van der Waals surface area contributed by atoms with Crippen molar-refractivity contribution >= 4 is 27.7 Å². The monoisotopic (exact) mass is 324 g/mol. The van der Waals surface area contributed by atoms with E-state index in [1.807, 2.05) is 31.2 Å². The molecular formula is C14H17BrN2O2. The summed E-state index contributed by atoms with van der Waals surface area (Å²) < 4.78 is 0.959. The predicted molar refractivity (Wildman–Crippen MR) is 76.4 cm³/mol. The summed E-state index contributed by atoms with van der Waals surface area (Å²) in [6.45, 7) is 2.61. The molecule has 19 heavy (non-hydrogen) atoms. The maximum atomic E-state index is 12.3. The van der Waals surface area contributed by atoms with Gasteiger partial charge >= 0.3 is 0 Å². The number of hydrogen-bond acceptors (Lipinski definition) is 2. The maximum Gasteiger partial charge on any atom is 0.245 e. The number of piperazine rings is 1. The van der Waals surface area contributed by atoms with Gasteiger partial charge in [-0.15, -0.1) is 0 Å². The molecule has 1 saturated heterocycles. The van der Waals surface area contributed by atoms with E-state index < -0.39 is 0 Å². The van der Waals surface area contributed by atoms with Crippen molar-refractivity contribution in [1.82, 2.24) is 10.2 Å². The van der Waals surface area contributed by atoms with Gasteiger partial charge in [-0.3, -0.25) is 9.59 Å². The highest BCUT2D eigenvalue weighted by Crippen LogP contribution is 2.19. The van der Waals surface area contributed by atoms with Crippen molar-refractivity contribution in [2.24, 2.45) is 0 Å². The van der Waals surface area contributed by atoms with E-state index >= 15 is 0 Å². The Morgan fingerprint density at radius 2 is 2.11 bits per heavy atom. The SMILES string of the molecule is CCCC1NC(=O)CN(Cc2ccccc2Br)C1=O. The van der Waals surface area contributed by atoms with Crippen molar-refractivity contribution in [1.29, 1.82) is 0 Å². The van der Waals surface area contributed by atoms with Crippen LogP contribution in [0.1, 0.15) is 25.3 Å². The van der Waals surface area contributed by atoms with E-state index in [9.17, 15) is 9.59 Å². The highest BCUT2D eigenvalue weighted by Gasteiger charge is 2.31. The summed E-state index contributed by atoms with van der Waals surface area (Å²) in [6, 6.07) is 7.39. The van der Waals surface area contributed by atoms with Gasteiger partial charge in [-0.2, -0.15) is 0 Å². The average Bonchev–Trinajstić information content (AvgIpc) is 2.38. The van der Waals surface area contributed by atoms with Crippen molar-refractivity contribution < 1.29 is 9.59 Å². The van der Waals surface area contributed by atoms with Crippen molar-refractivity contribution in [3.63, 3.8) is 0 Å². The number of carbonyl (C=O) groups excluding carboxylic acids is 2. The maximum absolute atomic E-state index is 12.3. The molecule has 0 saturated carbocycles. The molecule has 0 spiro atoms. The van der Waals surface area contributed by atoms with Gasteiger partial charge in [0.2, 0.25) is 11.8 Å². The molecule has 1 aromatic rings. The average molecular weight is 325 g/mol. The summed E-state index contributed by atoms with van der Waals surface area (Å²) in [5, 5.41) is 2.76. The molecule has 1 aliphatic heterocycles. The second-order valence-corrected chi connectivity index (χ2v) is 5.55. The number of hydrogen-bond donors (Lipinski definition) is 1. The molecule has 0 radical (unpaired) electrons. The first-order valence-electron chi connectivity index (χ1n) is 6.43. The minimum Gasteiger partial charge on any atom is -0.343 e. The molecule has 102 valence electrons. The van der Waals surface area contributed by atoms with Crippen LogP contribution in [0.3, 0.4) is 0 Å². The van der Waals surface area contributed by atoms with Gasteiger partial charge in [0.1, 0.15) is 6.04 Å². The van der Waals surface area contributed by atoms with Gasteiger partial charge in [0, 0.05) is 11.0 Å². The topological polar surface area (TPSA) is 49.4 Å².